The predicted molar refractivity (Wildman–Crippen MR) is 76.2 cm³/mol. The van der Waals surface area contributed by atoms with Crippen molar-refractivity contribution in [1.82, 2.24) is 5.32 Å². The largest absolute Gasteiger partial charge is 0.349 e. The molecule has 2 aromatic rings. The van der Waals surface area contributed by atoms with Gasteiger partial charge in [0, 0.05) is 11.6 Å². The number of amides is 1. The van der Waals surface area contributed by atoms with Crippen LogP contribution in [0.4, 0.5) is 4.39 Å². The average molecular weight is 269 g/mol. The lowest BCUT2D eigenvalue weighted by Crippen LogP contribution is -2.35. The van der Waals surface area contributed by atoms with Crippen molar-refractivity contribution in [2.24, 2.45) is 0 Å². The van der Waals surface area contributed by atoms with Crippen molar-refractivity contribution < 1.29 is 9.18 Å². The molecule has 102 valence electrons. The maximum Gasteiger partial charge on any atom is 0.251 e. The summed E-state index contributed by atoms with van der Waals surface area (Å²) in [7, 11) is 0. The minimum Gasteiger partial charge on any atom is -0.349 e. The van der Waals surface area contributed by atoms with Gasteiger partial charge in [-0.05, 0) is 48.6 Å². The van der Waals surface area contributed by atoms with E-state index in [9.17, 15) is 9.18 Å². The minimum atomic E-state index is -0.340. The lowest BCUT2D eigenvalue weighted by atomic mass is 10.1. The number of hydrogen-bond acceptors (Lipinski definition) is 1. The summed E-state index contributed by atoms with van der Waals surface area (Å²) in [6.07, 6.45) is 1.69. The fraction of sp³-hybridized carbons (Fsp3) is 0.235. The Morgan fingerprint density at radius 3 is 2.40 bits per heavy atom. The number of benzene rings is 2. The van der Waals surface area contributed by atoms with Crippen molar-refractivity contribution in [3.8, 4) is 0 Å². The van der Waals surface area contributed by atoms with Crippen LogP contribution in [0.1, 0.15) is 27.0 Å². The first kappa shape index (κ1) is 12.9. The van der Waals surface area contributed by atoms with Crippen LogP contribution in [0.3, 0.4) is 0 Å². The molecular weight excluding hydrogens is 253 g/mol. The SMILES string of the molecule is Cc1ccc(C(=O)NC2Cc3ccccc3C2)cc1F. The fourth-order valence-electron chi connectivity index (χ4n) is 2.66. The van der Waals surface area contributed by atoms with Gasteiger partial charge in [0.15, 0.2) is 0 Å². The molecule has 0 bridgehead atoms. The maximum absolute atomic E-state index is 13.5. The highest BCUT2D eigenvalue weighted by Crippen LogP contribution is 2.22. The number of hydrogen-bond donors (Lipinski definition) is 1. The smallest absolute Gasteiger partial charge is 0.251 e. The summed E-state index contributed by atoms with van der Waals surface area (Å²) < 4.78 is 13.5. The van der Waals surface area contributed by atoms with Gasteiger partial charge in [-0.3, -0.25) is 4.79 Å². The van der Waals surface area contributed by atoms with Crippen LogP contribution in [0.15, 0.2) is 42.5 Å². The summed E-state index contributed by atoms with van der Waals surface area (Å²) in [5.41, 5.74) is 3.50. The van der Waals surface area contributed by atoms with Crippen molar-refractivity contribution in [1.29, 1.82) is 0 Å². The summed E-state index contributed by atoms with van der Waals surface area (Å²) in [6, 6.07) is 12.9. The number of aryl methyl sites for hydroxylation is 1. The van der Waals surface area contributed by atoms with Crippen LogP contribution in [0.2, 0.25) is 0 Å². The molecule has 0 aromatic heterocycles. The van der Waals surface area contributed by atoms with Crippen molar-refractivity contribution >= 4 is 5.91 Å². The van der Waals surface area contributed by atoms with E-state index in [1.54, 1.807) is 19.1 Å². The Morgan fingerprint density at radius 1 is 1.15 bits per heavy atom. The van der Waals surface area contributed by atoms with Gasteiger partial charge in [0.2, 0.25) is 0 Å². The lowest BCUT2D eigenvalue weighted by molar-refractivity contribution is 0.0938. The van der Waals surface area contributed by atoms with E-state index in [4.69, 9.17) is 0 Å². The molecule has 2 aromatic carbocycles. The summed E-state index contributed by atoms with van der Waals surface area (Å²) in [5.74, 6) is -0.547. The van der Waals surface area contributed by atoms with Crippen molar-refractivity contribution in [3.63, 3.8) is 0 Å². The molecule has 2 nitrogen and oxygen atoms in total. The Morgan fingerprint density at radius 2 is 1.80 bits per heavy atom. The molecule has 0 saturated carbocycles. The molecule has 0 spiro atoms. The average Bonchev–Trinajstić information content (AvgIpc) is 2.83. The van der Waals surface area contributed by atoms with Gasteiger partial charge in [0.1, 0.15) is 5.82 Å². The van der Waals surface area contributed by atoms with Gasteiger partial charge in [0.25, 0.3) is 5.91 Å². The molecule has 0 fully saturated rings. The molecule has 1 aliphatic carbocycles. The molecule has 1 aliphatic rings. The third-order valence-corrected chi connectivity index (χ3v) is 3.82. The third-order valence-electron chi connectivity index (χ3n) is 3.82. The monoisotopic (exact) mass is 269 g/mol. The lowest BCUT2D eigenvalue weighted by Gasteiger charge is -2.12. The van der Waals surface area contributed by atoms with Crippen molar-refractivity contribution in [3.05, 3.63) is 70.5 Å². The van der Waals surface area contributed by atoms with Crippen molar-refractivity contribution in [2.75, 3.05) is 0 Å². The van der Waals surface area contributed by atoms with E-state index in [1.165, 1.54) is 17.2 Å². The highest BCUT2D eigenvalue weighted by Gasteiger charge is 2.22. The topological polar surface area (TPSA) is 29.1 Å². The normalized spacial score (nSPS) is 14.1. The zero-order chi connectivity index (χ0) is 14.1. The van der Waals surface area contributed by atoms with Gasteiger partial charge < -0.3 is 5.32 Å². The van der Waals surface area contributed by atoms with Gasteiger partial charge >= 0.3 is 0 Å². The Hall–Kier alpha value is -2.16. The van der Waals surface area contributed by atoms with Crippen LogP contribution in [-0.4, -0.2) is 11.9 Å². The first-order valence-corrected chi connectivity index (χ1v) is 6.77. The molecule has 0 unspecified atom stereocenters. The van der Waals surface area contributed by atoms with E-state index >= 15 is 0 Å². The predicted octanol–water partition coefficient (Wildman–Crippen LogP) is 3.03. The molecule has 0 saturated heterocycles. The van der Waals surface area contributed by atoms with Crippen LogP contribution in [0.5, 0.6) is 0 Å². The van der Waals surface area contributed by atoms with E-state index in [-0.39, 0.29) is 17.8 Å². The summed E-state index contributed by atoms with van der Waals surface area (Å²) >= 11 is 0. The van der Waals surface area contributed by atoms with E-state index in [0.717, 1.165) is 12.8 Å². The molecule has 0 aliphatic heterocycles. The highest BCUT2D eigenvalue weighted by molar-refractivity contribution is 5.94. The quantitative estimate of drug-likeness (QED) is 0.892. The van der Waals surface area contributed by atoms with E-state index in [2.05, 4.69) is 17.4 Å². The Labute approximate surface area is 117 Å². The highest BCUT2D eigenvalue weighted by atomic mass is 19.1. The number of rotatable bonds is 2. The molecule has 1 amide bonds. The van der Waals surface area contributed by atoms with Crippen LogP contribution in [-0.2, 0) is 12.8 Å². The number of carbonyl (C=O) groups is 1. The maximum atomic E-state index is 13.5. The molecule has 0 atom stereocenters. The molecule has 3 rings (SSSR count). The standard InChI is InChI=1S/C17H16FNO/c1-11-6-7-14(10-16(11)18)17(20)19-15-8-12-4-2-3-5-13(12)9-15/h2-7,10,15H,8-9H2,1H3,(H,19,20). The van der Waals surface area contributed by atoms with Gasteiger partial charge in [-0.2, -0.15) is 0 Å². The van der Waals surface area contributed by atoms with Gasteiger partial charge in [-0.1, -0.05) is 30.3 Å². The number of carbonyl (C=O) groups excluding carboxylic acids is 1. The van der Waals surface area contributed by atoms with Crippen LogP contribution >= 0.6 is 0 Å². The van der Waals surface area contributed by atoms with E-state index in [0.29, 0.717) is 11.1 Å². The number of halogens is 1. The minimum absolute atomic E-state index is 0.101. The van der Waals surface area contributed by atoms with Crippen LogP contribution < -0.4 is 5.32 Å². The van der Waals surface area contributed by atoms with Gasteiger partial charge in [-0.15, -0.1) is 0 Å². The number of nitrogens with one attached hydrogen (secondary N) is 1. The van der Waals surface area contributed by atoms with Crippen molar-refractivity contribution in [2.45, 2.75) is 25.8 Å². The fourth-order valence-corrected chi connectivity index (χ4v) is 2.66. The van der Waals surface area contributed by atoms with E-state index < -0.39 is 0 Å². The van der Waals surface area contributed by atoms with Crippen LogP contribution in [0, 0.1) is 12.7 Å². The van der Waals surface area contributed by atoms with Crippen LogP contribution in [0.25, 0.3) is 0 Å². The molecule has 3 heteroatoms. The Balaban J connectivity index is 1.70. The summed E-state index contributed by atoms with van der Waals surface area (Å²) in [5, 5.41) is 2.98. The molecule has 0 heterocycles. The van der Waals surface area contributed by atoms with Gasteiger partial charge in [0.05, 0.1) is 0 Å². The second-order valence-electron chi connectivity index (χ2n) is 5.31. The molecular formula is C17H16FNO. The third kappa shape index (κ3) is 2.44. The number of fused-ring (bicyclic) bond motifs is 1. The summed E-state index contributed by atoms with van der Waals surface area (Å²) in [6.45, 7) is 1.69. The van der Waals surface area contributed by atoms with E-state index in [1.807, 2.05) is 12.1 Å². The Bertz CT molecular complexity index is 641. The second-order valence-corrected chi connectivity index (χ2v) is 5.31. The first-order chi connectivity index (χ1) is 9.63. The molecule has 20 heavy (non-hydrogen) atoms. The molecule has 0 radical (unpaired) electrons. The zero-order valence-electron chi connectivity index (χ0n) is 11.3. The Kier molecular flexibility index (Phi) is 3.26. The second kappa shape index (κ2) is 5.08. The molecule has 1 N–H and O–H groups in total. The zero-order valence-corrected chi connectivity index (χ0v) is 11.3. The first-order valence-electron chi connectivity index (χ1n) is 6.77. The van der Waals surface area contributed by atoms with Gasteiger partial charge in [-0.25, -0.2) is 4.39 Å². The summed E-state index contributed by atoms with van der Waals surface area (Å²) in [4.78, 5) is 12.1.